The summed E-state index contributed by atoms with van der Waals surface area (Å²) < 4.78 is 49.5. The maximum atomic E-state index is 12.8. The number of nitrogens with zero attached hydrogens (tertiary/aromatic N) is 1. The highest BCUT2D eigenvalue weighted by molar-refractivity contribution is 7.80. The van der Waals surface area contributed by atoms with Crippen molar-refractivity contribution >= 4 is 23.0 Å². The number of aromatic nitrogens is 1. The molecular formula is C10H11F4N3S. The zero-order valence-electron chi connectivity index (χ0n) is 9.38. The van der Waals surface area contributed by atoms with E-state index in [0.717, 1.165) is 0 Å². The van der Waals surface area contributed by atoms with E-state index in [1.807, 2.05) is 0 Å². The maximum Gasteiger partial charge on any atom is 0.324 e. The lowest BCUT2D eigenvalue weighted by molar-refractivity contribution is -0.117. The summed E-state index contributed by atoms with van der Waals surface area (Å²) in [7, 11) is 0. The molecule has 0 radical (unpaired) electrons. The molecule has 0 saturated heterocycles. The largest absolute Gasteiger partial charge is 0.389 e. The highest BCUT2D eigenvalue weighted by atomic mass is 32.1. The summed E-state index contributed by atoms with van der Waals surface area (Å²) in [6, 6.07) is 3.08. The minimum atomic E-state index is -4.14. The molecule has 0 amide bonds. The Kier molecular flexibility index (Phi) is 4.44. The second kappa shape index (κ2) is 5.47. The summed E-state index contributed by atoms with van der Waals surface area (Å²) in [5.74, 6) is -4.17. The number of pyridine rings is 1. The molecular weight excluding hydrogens is 270 g/mol. The number of alkyl halides is 4. The quantitative estimate of drug-likeness (QED) is 0.642. The van der Waals surface area contributed by atoms with Gasteiger partial charge in [-0.25, -0.2) is 13.8 Å². The van der Waals surface area contributed by atoms with Crippen LogP contribution in [-0.4, -0.2) is 28.9 Å². The Labute approximate surface area is 106 Å². The van der Waals surface area contributed by atoms with E-state index in [9.17, 15) is 17.6 Å². The molecule has 3 nitrogen and oxygen atoms in total. The number of aryl methyl sites for hydroxylation is 1. The van der Waals surface area contributed by atoms with Gasteiger partial charge in [0, 0.05) is 5.69 Å². The molecule has 0 fully saturated rings. The topological polar surface area (TPSA) is 50.9 Å². The van der Waals surface area contributed by atoms with Crippen LogP contribution in [0, 0.1) is 6.92 Å². The molecule has 0 aliphatic rings. The van der Waals surface area contributed by atoms with Gasteiger partial charge in [0.1, 0.15) is 10.8 Å². The molecule has 0 aliphatic heterocycles. The van der Waals surface area contributed by atoms with Gasteiger partial charge in [0.25, 0.3) is 0 Å². The number of nitrogens with two attached hydrogens (primary N) is 1. The van der Waals surface area contributed by atoms with E-state index in [0.29, 0.717) is 5.69 Å². The Morgan fingerprint density at radius 1 is 1.50 bits per heavy atom. The second-order valence-electron chi connectivity index (χ2n) is 3.63. The fraction of sp³-hybridized carbons (Fsp3) is 0.400. The number of hydrogen-bond donors (Lipinski definition) is 2. The molecule has 0 aliphatic carbocycles. The van der Waals surface area contributed by atoms with Crippen LogP contribution in [0.1, 0.15) is 11.3 Å². The predicted octanol–water partition coefficient (Wildman–Crippen LogP) is 2.34. The number of halogens is 4. The predicted molar refractivity (Wildman–Crippen MR) is 64.3 cm³/mol. The third-order valence-electron chi connectivity index (χ3n) is 2.11. The van der Waals surface area contributed by atoms with Crippen LogP contribution >= 0.6 is 12.2 Å². The molecule has 0 bridgehead atoms. The van der Waals surface area contributed by atoms with E-state index in [1.165, 1.54) is 6.07 Å². The standard InChI is InChI=1S/C10H11F4N3S/c1-5-2-3-6(7(15)18)8(17-5)16-4-10(13,14)9(11)12/h2-3,9H,4H2,1H3,(H2,15,18)(H,16,17). The van der Waals surface area contributed by atoms with Crippen molar-refractivity contribution in [2.24, 2.45) is 5.73 Å². The van der Waals surface area contributed by atoms with Gasteiger partial charge in [0.15, 0.2) is 0 Å². The SMILES string of the molecule is Cc1ccc(C(N)=S)c(NCC(F)(F)C(F)F)n1. The number of nitrogens with one attached hydrogen (secondary N) is 1. The van der Waals surface area contributed by atoms with E-state index in [4.69, 9.17) is 18.0 Å². The fourth-order valence-corrected chi connectivity index (χ4v) is 1.33. The van der Waals surface area contributed by atoms with Crippen LogP contribution in [0.2, 0.25) is 0 Å². The normalized spacial score (nSPS) is 11.7. The molecule has 0 aromatic carbocycles. The van der Waals surface area contributed by atoms with Gasteiger partial charge in [-0.2, -0.15) is 8.78 Å². The van der Waals surface area contributed by atoms with Gasteiger partial charge in [0.2, 0.25) is 0 Å². The highest BCUT2D eigenvalue weighted by Gasteiger charge is 2.40. The van der Waals surface area contributed by atoms with Crippen LogP contribution in [0.5, 0.6) is 0 Å². The number of rotatable bonds is 5. The van der Waals surface area contributed by atoms with Crippen molar-refractivity contribution in [1.82, 2.24) is 4.98 Å². The van der Waals surface area contributed by atoms with Gasteiger partial charge in [-0.05, 0) is 19.1 Å². The van der Waals surface area contributed by atoms with Crippen molar-refractivity contribution in [3.63, 3.8) is 0 Å². The summed E-state index contributed by atoms with van der Waals surface area (Å²) in [5, 5.41) is 2.15. The zero-order valence-corrected chi connectivity index (χ0v) is 10.2. The molecule has 0 saturated carbocycles. The molecule has 100 valence electrons. The Morgan fingerprint density at radius 2 is 2.11 bits per heavy atom. The average Bonchev–Trinajstić information content (AvgIpc) is 2.26. The Morgan fingerprint density at radius 3 is 2.61 bits per heavy atom. The van der Waals surface area contributed by atoms with Crippen molar-refractivity contribution in [2.75, 3.05) is 11.9 Å². The fourth-order valence-electron chi connectivity index (χ4n) is 1.17. The highest BCUT2D eigenvalue weighted by Crippen LogP contribution is 2.24. The Balaban J connectivity index is 2.90. The van der Waals surface area contributed by atoms with E-state index in [2.05, 4.69) is 10.3 Å². The Bertz CT molecular complexity index is 451. The van der Waals surface area contributed by atoms with E-state index < -0.39 is 18.9 Å². The second-order valence-corrected chi connectivity index (χ2v) is 4.07. The third kappa shape index (κ3) is 3.52. The van der Waals surface area contributed by atoms with Gasteiger partial charge < -0.3 is 11.1 Å². The van der Waals surface area contributed by atoms with Crippen LogP contribution in [0.4, 0.5) is 23.4 Å². The monoisotopic (exact) mass is 281 g/mol. The molecule has 1 rings (SSSR count). The van der Waals surface area contributed by atoms with Gasteiger partial charge >= 0.3 is 12.3 Å². The summed E-state index contributed by atoms with van der Waals surface area (Å²) in [6.07, 6.45) is -3.75. The average molecular weight is 281 g/mol. The third-order valence-corrected chi connectivity index (χ3v) is 2.33. The van der Waals surface area contributed by atoms with Crippen molar-refractivity contribution in [3.05, 3.63) is 23.4 Å². The lowest BCUT2D eigenvalue weighted by Crippen LogP contribution is -2.35. The number of anilines is 1. The first-order valence-corrected chi connectivity index (χ1v) is 5.32. The molecule has 0 spiro atoms. The summed E-state index contributed by atoms with van der Waals surface area (Å²) in [5.41, 5.74) is 6.14. The van der Waals surface area contributed by atoms with Crippen LogP contribution in [0.15, 0.2) is 12.1 Å². The molecule has 1 aromatic rings. The first kappa shape index (κ1) is 14.6. The van der Waals surface area contributed by atoms with Gasteiger partial charge in [-0.3, -0.25) is 0 Å². The first-order chi connectivity index (χ1) is 8.24. The van der Waals surface area contributed by atoms with Crippen molar-refractivity contribution in [1.29, 1.82) is 0 Å². The first-order valence-electron chi connectivity index (χ1n) is 4.91. The van der Waals surface area contributed by atoms with Crippen LogP contribution < -0.4 is 11.1 Å². The molecule has 8 heteroatoms. The molecule has 0 unspecified atom stereocenters. The summed E-state index contributed by atoms with van der Waals surface area (Å²) in [4.78, 5) is 3.85. The Hall–Kier alpha value is -1.44. The number of thiocarbonyl (C=S) groups is 1. The lowest BCUT2D eigenvalue weighted by Gasteiger charge is -2.17. The van der Waals surface area contributed by atoms with Crippen LogP contribution in [0.3, 0.4) is 0 Å². The van der Waals surface area contributed by atoms with E-state index in [1.54, 1.807) is 13.0 Å². The van der Waals surface area contributed by atoms with Gasteiger partial charge in [0.05, 0.1) is 12.1 Å². The molecule has 3 N–H and O–H groups in total. The number of hydrogen-bond acceptors (Lipinski definition) is 3. The van der Waals surface area contributed by atoms with Crippen LogP contribution in [-0.2, 0) is 0 Å². The smallest absolute Gasteiger partial charge is 0.324 e. The molecule has 0 atom stereocenters. The molecule has 18 heavy (non-hydrogen) atoms. The lowest BCUT2D eigenvalue weighted by atomic mass is 10.2. The molecule has 1 heterocycles. The van der Waals surface area contributed by atoms with Crippen molar-refractivity contribution in [3.8, 4) is 0 Å². The van der Waals surface area contributed by atoms with E-state index in [-0.39, 0.29) is 16.4 Å². The van der Waals surface area contributed by atoms with Gasteiger partial charge in [-0.1, -0.05) is 12.2 Å². The minimum absolute atomic E-state index is 0.0252. The molecule has 1 aromatic heterocycles. The minimum Gasteiger partial charge on any atom is -0.389 e. The van der Waals surface area contributed by atoms with E-state index >= 15 is 0 Å². The van der Waals surface area contributed by atoms with Crippen LogP contribution in [0.25, 0.3) is 0 Å². The van der Waals surface area contributed by atoms with Gasteiger partial charge in [-0.15, -0.1) is 0 Å². The summed E-state index contributed by atoms with van der Waals surface area (Å²) in [6.45, 7) is 0.385. The van der Waals surface area contributed by atoms with Crippen molar-refractivity contribution < 1.29 is 17.6 Å². The zero-order chi connectivity index (χ0) is 13.9. The maximum absolute atomic E-state index is 12.8. The summed E-state index contributed by atoms with van der Waals surface area (Å²) >= 11 is 4.71. The van der Waals surface area contributed by atoms with Crippen molar-refractivity contribution in [2.45, 2.75) is 19.3 Å².